The lowest BCUT2D eigenvalue weighted by Crippen LogP contribution is -2.19. The van der Waals surface area contributed by atoms with Crippen molar-refractivity contribution < 1.29 is 0 Å². The molecule has 0 aliphatic carbocycles. The largest absolute Gasteiger partial charge is 0.394 e. The predicted molar refractivity (Wildman–Crippen MR) is 62.8 cm³/mol. The lowest BCUT2D eigenvalue weighted by Gasteiger charge is -2.18. The predicted octanol–water partition coefficient (Wildman–Crippen LogP) is 1.09. The summed E-state index contributed by atoms with van der Waals surface area (Å²) in [6.07, 6.45) is 4.85. The summed E-state index contributed by atoms with van der Waals surface area (Å²) < 4.78 is 0. The first-order valence-electron chi connectivity index (χ1n) is 4.94. The molecule has 0 aromatic carbocycles. The Balaban J connectivity index is 2.15. The molecule has 16 heavy (non-hydrogen) atoms. The number of hydrogen-bond acceptors (Lipinski definition) is 5. The van der Waals surface area contributed by atoms with Crippen LogP contribution < -0.4 is 10.6 Å². The summed E-state index contributed by atoms with van der Waals surface area (Å²) >= 11 is 0. The van der Waals surface area contributed by atoms with Crippen molar-refractivity contribution in [1.82, 2.24) is 15.0 Å². The maximum Gasteiger partial charge on any atom is 0.155 e. The highest BCUT2D eigenvalue weighted by Crippen LogP contribution is 2.17. The number of anilines is 2. The normalized spacial score (nSPS) is 10.1. The molecule has 0 bridgehead atoms. The number of hydrogen-bond donors (Lipinski definition) is 1. The highest BCUT2D eigenvalue weighted by molar-refractivity contribution is 5.60. The van der Waals surface area contributed by atoms with Crippen molar-refractivity contribution in [3.05, 3.63) is 42.6 Å². The highest BCUT2D eigenvalue weighted by Gasteiger charge is 2.07. The summed E-state index contributed by atoms with van der Waals surface area (Å²) in [5.41, 5.74) is 7.33. The fourth-order valence-electron chi connectivity index (χ4n) is 1.46. The van der Waals surface area contributed by atoms with Crippen molar-refractivity contribution >= 4 is 11.5 Å². The molecule has 0 saturated carbocycles. The molecule has 0 spiro atoms. The fraction of sp³-hybridized carbons (Fsp3) is 0.182. The second kappa shape index (κ2) is 4.57. The second-order valence-electron chi connectivity index (χ2n) is 3.48. The van der Waals surface area contributed by atoms with Crippen LogP contribution in [0.5, 0.6) is 0 Å². The molecule has 0 unspecified atom stereocenters. The van der Waals surface area contributed by atoms with Crippen molar-refractivity contribution in [2.45, 2.75) is 6.54 Å². The summed E-state index contributed by atoms with van der Waals surface area (Å²) in [4.78, 5) is 14.2. The third kappa shape index (κ3) is 2.25. The summed E-state index contributed by atoms with van der Waals surface area (Å²) in [6.45, 7) is 0.669. The molecule has 0 aliphatic heterocycles. The molecule has 0 fully saturated rings. The Bertz CT molecular complexity index is 457. The zero-order valence-electron chi connectivity index (χ0n) is 9.04. The average molecular weight is 215 g/mol. The Hall–Kier alpha value is -2.17. The van der Waals surface area contributed by atoms with Crippen LogP contribution in [0.25, 0.3) is 0 Å². The minimum Gasteiger partial charge on any atom is -0.394 e. The van der Waals surface area contributed by atoms with E-state index >= 15 is 0 Å². The van der Waals surface area contributed by atoms with Crippen LogP contribution in [0.3, 0.4) is 0 Å². The molecule has 5 nitrogen and oxygen atoms in total. The number of rotatable bonds is 3. The molecule has 0 atom stereocenters. The topological polar surface area (TPSA) is 67.9 Å². The third-order valence-electron chi connectivity index (χ3n) is 2.21. The summed E-state index contributed by atoms with van der Waals surface area (Å²) in [6, 6.07) is 5.82. The lowest BCUT2D eigenvalue weighted by molar-refractivity contribution is 0.863. The van der Waals surface area contributed by atoms with Gasteiger partial charge < -0.3 is 10.6 Å². The smallest absolute Gasteiger partial charge is 0.155 e. The average Bonchev–Trinajstić information content (AvgIpc) is 2.31. The van der Waals surface area contributed by atoms with E-state index in [9.17, 15) is 0 Å². The second-order valence-corrected chi connectivity index (χ2v) is 3.48. The minimum absolute atomic E-state index is 0.570. The van der Waals surface area contributed by atoms with Gasteiger partial charge in [-0.05, 0) is 12.1 Å². The Morgan fingerprint density at radius 2 is 2.19 bits per heavy atom. The van der Waals surface area contributed by atoms with Crippen LogP contribution in [0, 0.1) is 0 Å². The molecule has 0 aliphatic rings. The molecule has 0 saturated heterocycles. The molecular formula is C11H13N5. The van der Waals surface area contributed by atoms with Gasteiger partial charge in [0.05, 0.1) is 24.1 Å². The molecule has 0 radical (unpaired) electrons. The van der Waals surface area contributed by atoms with E-state index in [1.54, 1.807) is 12.4 Å². The number of nitrogens with zero attached hydrogens (tertiary/aromatic N) is 4. The lowest BCUT2D eigenvalue weighted by atomic mass is 10.3. The zero-order chi connectivity index (χ0) is 11.4. The van der Waals surface area contributed by atoms with Gasteiger partial charge in [-0.2, -0.15) is 0 Å². The summed E-state index contributed by atoms with van der Waals surface area (Å²) in [7, 11) is 1.92. The van der Waals surface area contributed by atoms with Crippen molar-refractivity contribution in [2.75, 3.05) is 17.7 Å². The maximum absolute atomic E-state index is 5.79. The van der Waals surface area contributed by atoms with Crippen molar-refractivity contribution in [3.8, 4) is 0 Å². The SMILES string of the molecule is CN(Cc1ccccn1)c1ncncc1N. The number of aromatic nitrogens is 3. The van der Waals surface area contributed by atoms with Gasteiger partial charge >= 0.3 is 0 Å². The van der Waals surface area contributed by atoms with Crippen molar-refractivity contribution in [2.24, 2.45) is 0 Å². The van der Waals surface area contributed by atoms with Crippen LogP contribution in [0.2, 0.25) is 0 Å². The highest BCUT2D eigenvalue weighted by atomic mass is 15.2. The van der Waals surface area contributed by atoms with Crippen molar-refractivity contribution in [3.63, 3.8) is 0 Å². The molecule has 82 valence electrons. The Morgan fingerprint density at radius 1 is 1.31 bits per heavy atom. The van der Waals surface area contributed by atoms with Crippen LogP contribution in [-0.4, -0.2) is 22.0 Å². The quantitative estimate of drug-likeness (QED) is 0.830. The maximum atomic E-state index is 5.79. The van der Waals surface area contributed by atoms with E-state index in [1.807, 2.05) is 30.1 Å². The molecule has 2 heterocycles. The van der Waals surface area contributed by atoms with Gasteiger partial charge in [0, 0.05) is 13.2 Å². The minimum atomic E-state index is 0.570. The standard InChI is InChI=1S/C11H13N5/c1-16(7-9-4-2-3-5-14-9)11-10(12)6-13-8-15-11/h2-6,8H,7,12H2,1H3. The van der Waals surface area contributed by atoms with Gasteiger partial charge in [0.2, 0.25) is 0 Å². The van der Waals surface area contributed by atoms with Gasteiger partial charge in [-0.15, -0.1) is 0 Å². The molecular weight excluding hydrogens is 202 g/mol. The van der Waals surface area contributed by atoms with Crippen LogP contribution in [0.4, 0.5) is 11.5 Å². The molecule has 2 aromatic rings. The van der Waals surface area contributed by atoms with Gasteiger partial charge in [-0.3, -0.25) is 4.98 Å². The van der Waals surface area contributed by atoms with E-state index in [4.69, 9.17) is 5.73 Å². The molecule has 2 rings (SSSR count). The third-order valence-corrected chi connectivity index (χ3v) is 2.21. The van der Waals surface area contributed by atoms with Crippen LogP contribution in [0.15, 0.2) is 36.9 Å². The first-order valence-corrected chi connectivity index (χ1v) is 4.94. The van der Waals surface area contributed by atoms with Gasteiger partial charge in [0.25, 0.3) is 0 Å². The number of nitrogen functional groups attached to an aromatic ring is 1. The van der Waals surface area contributed by atoms with Gasteiger partial charge in [-0.1, -0.05) is 6.07 Å². The summed E-state index contributed by atoms with van der Waals surface area (Å²) in [5, 5.41) is 0. The first-order chi connectivity index (χ1) is 7.77. The molecule has 5 heteroatoms. The Kier molecular flexibility index (Phi) is 2.95. The van der Waals surface area contributed by atoms with Gasteiger partial charge in [-0.25, -0.2) is 9.97 Å². The van der Waals surface area contributed by atoms with Crippen molar-refractivity contribution in [1.29, 1.82) is 0 Å². The van der Waals surface area contributed by atoms with E-state index in [1.165, 1.54) is 6.33 Å². The van der Waals surface area contributed by atoms with E-state index in [0.29, 0.717) is 12.2 Å². The molecule has 2 N–H and O–H groups in total. The van der Waals surface area contributed by atoms with E-state index in [0.717, 1.165) is 11.5 Å². The van der Waals surface area contributed by atoms with E-state index in [-0.39, 0.29) is 0 Å². The number of nitrogens with two attached hydrogens (primary N) is 1. The monoisotopic (exact) mass is 215 g/mol. The Morgan fingerprint density at radius 3 is 2.88 bits per heavy atom. The Labute approximate surface area is 94.0 Å². The molecule has 0 amide bonds. The number of pyridine rings is 1. The summed E-state index contributed by atoms with van der Waals surface area (Å²) in [5.74, 6) is 0.723. The van der Waals surface area contributed by atoms with E-state index < -0.39 is 0 Å². The van der Waals surface area contributed by atoms with Gasteiger partial charge in [0.1, 0.15) is 6.33 Å². The zero-order valence-corrected chi connectivity index (χ0v) is 9.04. The van der Waals surface area contributed by atoms with Crippen LogP contribution in [0.1, 0.15) is 5.69 Å². The molecule has 2 aromatic heterocycles. The fourth-order valence-corrected chi connectivity index (χ4v) is 1.46. The first kappa shape index (κ1) is 10.4. The van der Waals surface area contributed by atoms with Crippen LogP contribution in [-0.2, 0) is 6.54 Å². The van der Waals surface area contributed by atoms with Crippen LogP contribution >= 0.6 is 0 Å². The van der Waals surface area contributed by atoms with E-state index in [2.05, 4.69) is 15.0 Å². The van der Waals surface area contributed by atoms with Gasteiger partial charge in [0.15, 0.2) is 5.82 Å².